The first-order chi connectivity index (χ1) is 12.7. The number of ether oxygens (including phenoxy) is 2. The quantitative estimate of drug-likeness (QED) is 0.678. The first-order valence-electron chi connectivity index (χ1n) is 9.55. The second-order valence-corrected chi connectivity index (χ2v) is 6.95. The SMILES string of the molecule is CCOC1CCC(Nc2ncc(C(N)=O)c(N[C@@H]3CCCOC3)n2)CC1. The van der Waals surface area contributed by atoms with E-state index in [0.717, 1.165) is 51.7 Å². The normalized spacial score (nSPS) is 26.3. The van der Waals surface area contributed by atoms with E-state index in [1.54, 1.807) is 0 Å². The molecule has 1 saturated carbocycles. The zero-order valence-electron chi connectivity index (χ0n) is 15.4. The van der Waals surface area contributed by atoms with Gasteiger partial charge in [0.1, 0.15) is 5.82 Å². The number of carbonyl (C=O) groups is 1. The highest BCUT2D eigenvalue weighted by Gasteiger charge is 2.23. The molecule has 0 spiro atoms. The maximum absolute atomic E-state index is 11.7. The van der Waals surface area contributed by atoms with E-state index in [1.807, 2.05) is 6.92 Å². The lowest BCUT2D eigenvalue weighted by molar-refractivity contribution is 0.0346. The number of primary amides is 1. The fraction of sp³-hybridized carbons (Fsp3) is 0.722. The summed E-state index contributed by atoms with van der Waals surface area (Å²) in [7, 11) is 0. The highest BCUT2D eigenvalue weighted by atomic mass is 16.5. The summed E-state index contributed by atoms with van der Waals surface area (Å²) >= 11 is 0. The predicted molar refractivity (Wildman–Crippen MR) is 99.3 cm³/mol. The Balaban J connectivity index is 1.64. The fourth-order valence-electron chi connectivity index (χ4n) is 3.58. The van der Waals surface area contributed by atoms with Crippen LogP contribution in [0, 0.1) is 0 Å². The summed E-state index contributed by atoms with van der Waals surface area (Å²) in [5.41, 5.74) is 5.78. The Kier molecular flexibility index (Phi) is 6.62. The number of nitrogens with zero attached hydrogens (tertiary/aromatic N) is 2. The number of nitrogens with one attached hydrogen (secondary N) is 2. The molecule has 2 fully saturated rings. The predicted octanol–water partition coefficient (Wildman–Crippen LogP) is 1.93. The van der Waals surface area contributed by atoms with Crippen molar-refractivity contribution in [3.63, 3.8) is 0 Å². The standard InChI is InChI=1S/C18H29N5O3/c1-2-26-14-7-5-12(6-8-14)22-18-20-10-15(16(19)24)17(23-18)21-13-4-3-9-25-11-13/h10,12-14H,2-9,11H2,1H3,(H2,19,24)(H2,20,21,22,23)/t12?,13-,14?/m1/s1. The fourth-order valence-corrected chi connectivity index (χ4v) is 3.58. The number of amides is 1. The molecule has 1 atom stereocenters. The van der Waals surface area contributed by atoms with E-state index in [0.29, 0.717) is 36.1 Å². The van der Waals surface area contributed by atoms with Crippen molar-refractivity contribution in [2.24, 2.45) is 5.73 Å². The molecule has 4 N–H and O–H groups in total. The minimum absolute atomic E-state index is 0.131. The molecule has 3 rings (SSSR count). The lowest BCUT2D eigenvalue weighted by Gasteiger charge is -2.29. The number of carbonyl (C=O) groups excluding carboxylic acids is 1. The third-order valence-electron chi connectivity index (χ3n) is 4.97. The molecule has 1 aliphatic heterocycles. The summed E-state index contributed by atoms with van der Waals surface area (Å²) in [4.78, 5) is 20.5. The van der Waals surface area contributed by atoms with Crippen molar-refractivity contribution in [3.05, 3.63) is 11.8 Å². The van der Waals surface area contributed by atoms with Gasteiger partial charge in [0.25, 0.3) is 5.91 Å². The van der Waals surface area contributed by atoms with Gasteiger partial charge in [-0.2, -0.15) is 4.98 Å². The van der Waals surface area contributed by atoms with Gasteiger partial charge in [0.2, 0.25) is 5.95 Å². The number of rotatable bonds is 7. The molecular weight excluding hydrogens is 334 g/mol. The number of aromatic nitrogens is 2. The van der Waals surface area contributed by atoms with Gasteiger partial charge in [0, 0.05) is 25.5 Å². The minimum atomic E-state index is -0.534. The van der Waals surface area contributed by atoms with E-state index in [1.165, 1.54) is 6.20 Å². The van der Waals surface area contributed by atoms with Crippen LogP contribution < -0.4 is 16.4 Å². The Bertz CT molecular complexity index is 598. The summed E-state index contributed by atoms with van der Waals surface area (Å²) in [6, 6.07) is 0.447. The zero-order chi connectivity index (χ0) is 18.4. The van der Waals surface area contributed by atoms with Crippen molar-refractivity contribution in [1.29, 1.82) is 0 Å². The molecule has 8 nitrogen and oxygen atoms in total. The number of anilines is 2. The van der Waals surface area contributed by atoms with Crippen LogP contribution in [0.15, 0.2) is 6.20 Å². The topological polar surface area (TPSA) is 111 Å². The van der Waals surface area contributed by atoms with Crippen LogP contribution in [0.5, 0.6) is 0 Å². The summed E-state index contributed by atoms with van der Waals surface area (Å²) in [5.74, 6) is 0.468. The molecule has 0 aromatic carbocycles. The summed E-state index contributed by atoms with van der Waals surface area (Å²) in [6.45, 7) is 4.18. The van der Waals surface area contributed by atoms with Crippen LogP contribution in [0.25, 0.3) is 0 Å². The molecule has 1 aliphatic carbocycles. The van der Waals surface area contributed by atoms with Gasteiger partial charge in [-0.3, -0.25) is 4.79 Å². The van der Waals surface area contributed by atoms with Gasteiger partial charge in [0.15, 0.2) is 0 Å². The van der Waals surface area contributed by atoms with Gasteiger partial charge >= 0.3 is 0 Å². The second-order valence-electron chi connectivity index (χ2n) is 6.95. The van der Waals surface area contributed by atoms with E-state index in [2.05, 4.69) is 20.6 Å². The van der Waals surface area contributed by atoms with Crippen LogP contribution in [0.2, 0.25) is 0 Å². The van der Waals surface area contributed by atoms with Crippen LogP contribution in [-0.4, -0.2) is 53.9 Å². The molecular formula is C18H29N5O3. The van der Waals surface area contributed by atoms with E-state index < -0.39 is 5.91 Å². The largest absolute Gasteiger partial charge is 0.379 e. The molecule has 1 saturated heterocycles. The lowest BCUT2D eigenvalue weighted by atomic mass is 9.93. The van der Waals surface area contributed by atoms with Crippen LogP contribution >= 0.6 is 0 Å². The smallest absolute Gasteiger partial charge is 0.254 e. The Labute approximate surface area is 154 Å². The van der Waals surface area contributed by atoms with E-state index >= 15 is 0 Å². The van der Waals surface area contributed by atoms with Gasteiger partial charge in [0.05, 0.1) is 24.3 Å². The van der Waals surface area contributed by atoms with Gasteiger partial charge < -0.3 is 25.8 Å². The van der Waals surface area contributed by atoms with Gasteiger partial charge in [-0.15, -0.1) is 0 Å². The maximum Gasteiger partial charge on any atom is 0.254 e. The first-order valence-corrected chi connectivity index (χ1v) is 9.55. The van der Waals surface area contributed by atoms with E-state index in [4.69, 9.17) is 15.2 Å². The first kappa shape index (κ1) is 18.8. The molecule has 0 bridgehead atoms. The molecule has 2 heterocycles. The van der Waals surface area contributed by atoms with E-state index in [-0.39, 0.29) is 6.04 Å². The third-order valence-corrected chi connectivity index (χ3v) is 4.97. The molecule has 1 aromatic heterocycles. The lowest BCUT2D eigenvalue weighted by Crippen LogP contribution is -2.32. The second kappa shape index (κ2) is 9.14. The Hall–Kier alpha value is -1.93. The highest BCUT2D eigenvalue weighted by Crippen LogP contribution is 2.24. The number of hydrogen-bond donors (Lipinski definition) is 3. The van der Waals surface area contributed by atoms with Crippen molar-refractivity contribution in [2.45, 2.75) is 63.6 Å². The molecule has 0 unspecified atom stereocenters. The number of hydrogen-bond acceptors (Lipinski definition) is 7. The summed E-state index contributed by atoms with van der Waals surface area (Å²) in [6.07, 6.45) is 7.94. The molecule has 2 aliphatic rings. The van der Waals surface area contributed by atoms with Crippen LogP contribution in [-0.2, 0) is 9.47 Å². The average molecular weight is 363 g/mol. The van der Waals surface area contributed by atoms with Gasteiger partial charge in [-0.25, -0.2) is 4.98 Å². The van der Waals surface area contributed by atoms with Crippen molar-refractivity contribution >= 4 is 17.7 Å². The monoisotopic (exact) mass is 363 g/mol. The Morgan fingerprint density at radius 1 is 1.27 bits per heavy atom. The summed E-state index contributed by atoms with van der Waals surface area (Å²) in [5, 5.41) is 6.68. The van der Waals surface area contributed by atoms with Crippen molar-refractivity contribution in [3.8, 4) is 0 Å². The molecule has 8 heteroatoms. The summed E-state index contributed by atoms with van der Waals surface area (Å²) < 4.78 is 11.2. The number of nitrogens with two attached hydrogens (primary N) is 1. The minimum Gasteiger partial charge on any atom is -0.379 e. The Morgan fingerprint density at radius 2 is 2.08 bits per heavy atom. The zero-order valence-corrected chi connectivity index (χ0v) is 15.4. The molecule has 1 aromatic rings. The van der Waals surface area contributed by atoms with Crippen LogP contribution in [0.1, 0.15) is 55.8 Å². The third kappa shape index (κ3) is 5.04. The molecule has 1 amide bonds. The Morgan fingerprint density at radius 3 is 2.73 bits per heavy atom. The maximum atomic E-state index is 11.7. The van der Waals surface area contributed by atoms with E-state index in [9.17, 15) is 4.79 Å². The highest BCUT2D eigenvalue weighted by molar-refractivity contribution is 5.97. The van der Waals surface area contributed by atoms with Crippen molar-refractivity contribution in [2.75, 3.05) is 30.5 Å². The van der Waals surface area contributed by atoms with Crippen LogP contribution in [0.4, 0.5) is 11.8 Å². The molecule has 144 valence electrons. The van der Waals surface area contributed by atoms with Gasteiger partial charge in [-0.05, 0) is 45.4 Å². The molecule has 26 heavy (non-hydrogen) atoms. The average Bonchev–Trinajstić information content (AvgIpc) is 2.64. The van der Waals surface area contributed by atoms with Crippen LogP contribution in [0.3, 0.4) is 0 Å². The van der Waals surface area contributed by atoms with Crippen molar-refractivity contribution in [1.82, 2.24) is 9.97 Å². The van der Waals surface area contributed by atoms with Crippen molar-refractivity contribution < 1.29 is 14.3 Å². The molecule has 0 radical (unpaired) electrons. The van der Waals surface area contributed by atoms with Gasteiger partial charge in [-0.1, -0.05) is 0 Å².